The lowest BCUT2D eigenvalue weighted by Crippen LogP contribution is -2.08. The van der Waals surface area contributed by atoms with Crippen LogP contribution in [0.3, 0.4) is 0 Å². The molecule has 0 bridgehead atoms. The molecule has 0 unspecified atom stereocenters. The number of esters is 1. The van der Waals surface area contributed by atoms with Gasteiger partial charge in [-0.3, -0.25) is 0 Å². The zero-order valence-corrected chi connectivity index (χ0v) is 20.2. The molecule has 0 aromatic heterocycles. The first kappa shape index (κ1) is 25.3. The van der Waals surface area contributed by atoms with Crippen LogP contribution in [0.15, 0.2) is 78.9 Å². The predicted molar refractivity (Wildman–Crippen MR) is 138 cm³/mol. The number of ether oxygens (including phenoxy) is 2. The van der Waals surface area contributed by atoms with Crippen molar-refractivity contribution in [1.82, 2.24) is 0 Å². The highest BCUT2D eigenvalue weighted by atomic mass is 16.5. The van der Waals surface area contributed by atoms with Gasteiger partial charge < -0.3 is 14.6 Å². The van der Waals surface area contributed by atoms with Crippen LogP contribution < -0.4 is 4.74 Å². The van der Waals surface area contributed by atoms with E-state index in [0.717, 1.165) is 23.1 Å². The van der Waals surface area contributed by atoms with Crippen LogP contribution in [0.1, 0.15) is 44.2 Å². The third-order valence-corrected chi connectivity index (χ3v) is 5.69. The second-order valence-corrected chi connectivity index (χ2v) is 8.48. The number of aliphatic hydroxyl groups is 1. The van der Waals surface area contributed by atoms with Gasteiger partial charge in [0, 0.05) is 11.1 Å². The van der Waals surface area contributed by atoms with E-state index >= 15 is 0 Å². The Morgan fingerprint density at radius 1 is 0.882 bits per heavy atom. The van der Waals surface area contributed by atoms with Crippen molar-refractivity contribution in [3.05, 3.63) is 90.0 Å². The first-order chi connectivity index (χ1) is 16.5. The fraction of sp³-hybridized carbons (Fsp3) is 0.300. The third kappa shape index (κ3) is 7.06. The van der Waals surface area contributed by atoms with Gasteiger partial charge in [-0.25, -0.2) is 4.79 Å². The second kappa shape index (κ2) is 12.8. The molecule has 4 nitrogen and oxygen atoms in total. The number of hydrogen-bond donors (Lipinski definition) is 1. The molecule has 34 heavy (non-hydrogen) atoms. The first-order valence-electron chi connectivity index (χ1n) is 11.9. The summed E-state index contributed by atoms with van der Waals surface area (Å²) in [6.45, 7) is 7.62. The van der Waals surface area contributed by atoms with Gasteiger partial charge in [0.1, 0.15) is 19.0 Å². The van der Waals surface area contributed by atoms with Crippen molar-refractivity contribution in [2.45, 2.75) is 46.1 Å². The molecule has 3 aromatic rings. The quantitative estimate of drug-likeness (QED) is 0.185. The van der Waals surface area contributed by atoms with Gasteiger partial charge in [0.05, 0.1) is 6.61 Å². The average molecular weight is 459 g/mol. The lowest BCUT2D eigenvalue weighted by Gasteiger charge is -2.14. The maximum atomic E-state index is 11.9. The van der Waals surface area contributed by atoms with Gasteiger partial charge in [-0.2, -0.15) is 0 Å². The Morgan fingerprint density at radius 3 is 2.06 bits per heavy atom. The van der Waals surface area contributed by atoms with Crippen molar-refractivity contribution in [3.8, 4) is 28.0 Å². The van der Waals surface area contributed by atoms with E-state index in [2.05, 4.69) is 62.0 Å². The van der Waals surface area contributed by atoms with E-state index in [9.17, 15) is 4.79 Å². The fourth-order valence-corrected chi connectivity index (χ4v) is 3.73. The second-order valence-electron chi connectivity index (χ2n) is 8.48. The summed E-state index contributed by atoms with van der Waals surface area (Å²) in [5.41, 5.74) is 6.89. The Hall–Kier alpha value is -3.37. The topological polar surface area (TPSA) is 55.8 Å². The summed E-state index contributed by atoms with van der Waals surface area (Å²) in [5.74, 6) is 0.141. The molecular formula is C30H34O4. The number of carbonyl (C=O) groups is 1. The molecule has 0 fully saturated rings. The number of aliphatic hydroxyl groups excluding tert-OH is 1. The molecule has 0 atom stereocenters. The van der Waals surface area contributed by atoms with Gasteiger partial charge in [-0.1, -0.05) is 80.9 Å². The van der Waals surface area contributed by atoms with Crippen LogP contribution in [-0.4, -0.2) is 24.3 Å². The number of carbonyl (C=O) groups excluding carboxylic acids is 1. The van der Waals surface area contributed by atoms with Crippen LogP contribution in [0.4, 0.5) is 0 Å². The SMILES string of the molecule is C=C(C)C(=O)OCc1cc(-c2ccc(-c3ccc(CCCCC)cc3)cc2)ccc1OCCO. The molecule has 1 N–H and O–H groups in total. The van der Waals surface area contributed by atoms with Crippen molar-refractivity contribution >= 4 is 5.97 Å². The van der Waals surface area contributed by atoms with Crippen molar-refractivity contribution in [2.75, 3.05) is 13.2 Å². The molecule has 3 rings (SSSR count). The van der Waals surface area contributed by atoms with Crippen molar-refractivity contribution in [1.29, 1.82) is 0 Å². The summed E-state index contributed by atoms with van der Waals surface area (Å²) < 4.78 is 11.0. The van der Waals surface area contributed by atoms with E-state index in [1.54, 1.807) is 6.92 Å². The molecule has 0 spiro atoms. The van der Waals surface area contributed by atoms with E-state index in [0.29, 0.717) is 11.3 Å². The van der Waals surface area contributed by atoms with Crippen LogP contribution in [0.25, 0.3) is 22.3 Å². The molecular weight excluding hydrogens is 424 g/mol. The Balaban J connectivity index is 1.76. The molecule has 0 saturated heterocycles. The maximum Gasteiger partial charge on any atom is 0.333 e. The highest BCUT2D eigenvalue weighted by Crippen LogP contribution is 2.30. The Kier molecular flexibility index (Phi) is 9.48. The largest absolute Gasteiger partial charge is 0.491 e. The minimum atomic E-state index is -0.445. The van der Waals surface area contributed by atoms with Gasteiger partial charge in [0.15, 0.2) is 0 Å². The molecule has 0 aliphatic carbocycles. The minimum Gasteiger partial charge on any atom is -0.491 e. The fourth-order valence-electron chi connectivity index (χ4n) is 3.73. The predicted octanol–water partition coefficient (Wildman–Crippen LogP) is 6.74. The Labute approximate surface area is 202 Å². The molecule has 0 radical (unpaired) electrons. The zero-order chi connectivity index (χ0) is 24.3. The standard InChI is InChI=1S/C30H34O4/c1-4-5-6-7-23-8-10-24(11-9-23)25-12-14-26(15-13-25)27-16-17-29(33-19-18-31)28(20-27)21-34-30(32)22(2)3/h8-17,20,31H,2,4-7,18-19,21H2,1,3H3. The molecule has 0 aliphatic rings. The summed E-state index contributed by atoms with van der Waals surface area (Å²) in [7, 11) is 0. The molecule has 0 aliphatic heterocycles. The first-order valence-corrected chi connectivity index (χ1v) is 11.9. The lowest BCUT2D eigenvalue weighted by atomic mass is 9.97. The monoisotopic (exact) mass is 458 g/mol. The van der Waals surface area contributed by atoms with Crippen LogP contribution in [-0.2, 0) is 22.6 Å². The Bertz CT molecular complexity index is 1080. The summed E-state index contributed by atoms with van der Waals surface area (Å²) in [5, 5.41) is 9.10. The number of rotatable bonds is 12. The summed E-state index contributed by atoms with van der Waals surface area (Å²) >= 11 is 0. The normalized spacial score (nSPS) is 10.7. The maximum absolute atomic E-state index is 11.9. The van der Waals surface area contributed by atoms with Crippen molar-refractivity contribution in [2.24, 2.45) is 0 Å². The van der Waals surface area contributed by atoms with Gasteiger partial charge in [-0.15, -0.1) is 0 Å². The lowest BCUT2D eigenvalue weighted by molar-refractivity contribution is -0.140. The van der Waals surface area contributed by atoms with E-state index in [1.165, 1.54) is 36.0 Å². The van der Waals surface area contributed by atoms with Crippen LogP contribution in [0, 0.1) is 0 Å². The number of hydrogen-bond acceptors (Lipinski definition) is 4. The van der Waals surface area contributed by atoms with Crippen LogP contribution in [0.2, 0.25) is 0 Å². The summed E-state index contributed by atoms with van der Waals surface area (Å²) in [6, 6.07) is 23.0. The summed E-state index contributed by atoms with van der Waals surface area (Å²) in [4.78, 5) is 11.9. The van der Waals surface area contributed by atoms with Crippen molar-refractivity contribution < 1.29 is 19.4 Å². The molecule has 3 aromatic carbocycles. The average Bonchev–Trinajstić information content (AvgIpc) is 2.87. The highest BCUT2D eigenvalue weighted by Gasteiger charge is 2.11. The van der Waals surface area contributed by atoms with Crippen LogP contribution >= 0.6 is 0 Å². The number of aryl methyl sites for hydroxylation is 1. The van der Waals surface area contributed by atoms with Crippen LogP contribution in [0.5, 0.6) is 5.75 Å². The van der Waals surface area contributed by atoms with Gasteiger partial charge in [0.25, 0.3) is 0 Å². The molecule has 0 heterocycles. The minimum absolute atomic E-state index is 0.0724. The summed E-state index contributed by atoms with van der Waals surface area (Å²) in [6.07, 6.45) is 4.89. The van der Waals surface area contributed by atoms with Gasteiger partial charge in [-0.05, 0) is 59.7 Å². The van der Waals surface area contributed by atoms with E-state index in [4.69, 9.17) is 14.6 Å². The molecule has 0 saturated carbocycles. The molecule has 4 heteroatoms. The Morgan fingerprint density at radius 2 is 1.47 bits per heavy atom. The smallest absolute Gasteiger partial charge is 0.333 e. The van der Waals surface area contributed by atoms with Gasteiger partial charge >= 0.3 is 5.97 Å². The van der Waals surface area contributed by atoms with E-state index in [-0.39, 0.29) is 19.8 Å². The number of unbranched alkanes of at least 4 members (excludes halogenated alkanes) is 2. The van der Waals surface area contributed by atoms with E-state index in [1.807, 2.05) is 18.2 Å². The van der Waals surface area contributed by atoms with E-state index < -0.39 is 5.97 Å². The third-order valence-electron chi connectivity index (χ3n) is 5.69. The number of benzene rings is 3. The van der Waals surface area contributed by atoms with Gasteiger partial charge in [0.2, 0.25) is 0 Å². The van der Waals surface area contributed by atoms with Crippen molar-refractivity contribution in [3.63, 3.8) is 0 Å². The molecule has 178 valence electrons. The highest BCUT2D eigenvalue weighted by molar-refractivity contribution is 5.87. The zero-order valence-electron chi connectivity index (χ0n) is 20.2. The molecule has 0 amide bonds.